The summed E-state index contributed by atoms with van der Waals surface area (Å²) in [4.78, 5) is 0. The van der Waals surface area contributed by atoms with Gasteiger partial charge in [-0.25, -0.2) is 0 Å². The van der Waals surface area contributed by atoms with Gasteiger partial charge in [-0.05, 0) is 32.3 Å². The van der Waals surface area contributed by atoms with Crippen molar-refractivity contribution in [3.63, 3.8) is 0 Å². The molecule has 68 valence electrons. The van der Waals surface area contributed by atoms with Crippen molar-refractivity contribution in [2.45, 2.75) is 44.5 Å². The largest absolute Gasteiger partial charge is 0.346 e. The van der Waals surface area contributed by atoms with Crippen LogP contribution in [0.2, 0.25) is 0 Å². The molecule has 0 amide bonds. The Morgan fingerprint density at radius 2 is 2.33 bits per heavy atom. The van der Waals surface area contributed by atoms with E-state index in [4.69, 9.17) is 9.47 Å². The zero-order valence-electron chi connectivity index (χ0n) is 7.58. The van der Waals surface area contributed by atoms with Gasteiger partial charge in [0.25, 0.3) is 0 Å². The molecule has 1 saturated heterocycles. The Balaban J connectivity index is 2.07. The molecule has 2 atom stereocenters. The maximum Gasteiger partial charge on any atom is 0.188 e. The minimum absolute atomic E-state index is 0.313. The standard InChI is InChI=1S/C10H16O2/c1-9-5-4-7-10(12-9)6-2-3-8-11-10/h4,7,9H,2-3,5-6,8H2,1H3/t9-,10+/m1/s1. The van der Waals surface area contributed by atoms with Crippen molar-refractivity contribution in [3.8, 4) is 0 Å². The van der Waals surface area contributed by atoms with Crippen LogP contribution in [-0.4, -0.2) is 18.5 Å². The van der Waals surface area contributed by atoms with Crippen LogP contribution in [0.3, 0.4) is 0 Å². The molecule has 0 bridgehead atoms. The maximum absolute atomic E-state index is 5.81. The third-order valence-electron chi connectivity index (χ3n) is 2.51. The zero-order chi connectivity index (χ0) is 8.44. The maximum atomic E-state index is 5.81. The molecule has 0 aromatic carbocycles. The van der Waals surface area contributed by atoms with E-state index in [0.29, 0.717) is 6.10 Å². The lowest BCUT2D eigenvalue weighted by Gasteiger charge is -2.38. The SMILES string of the molecule is C[C@@H]1CC=C[C@]2(CCCCO2)O1. The summed E-state index contributed by atoms with van der Waals surface area (Å²) in [6.07, 6.45) is 9.02. The lowest BCUT2D eigenvalue weighted by Crippen LogP contribution is -2.41. The van der Waals surface area contributed by atoms with Crippen LogP contribution in [0.5, 0.6) is 0 Å². The van der Waals surface area contributed by atoms with Gasteiger partial charge in [0.15, 0.2) is 5.79 Å². The molecule has 0 radical (unpaired) electrons. The number of hydrogen-bond acceptors (Lipinski definition) is 2. The highest BCUT2D eigenvalue weighted by Crippen LogP contribution is 2.32. The van der Waals surface area contributed by atoms with E-state index in [1.807, 2.05) is 0 Å². The molecule has 12 heavy (non-hydrogen) atoms. The summed E-state index contributed by atoms with van der Waals surface area (Å²) in [6.45, 7) is 2.94. The van der Waals surface area contributed by atoms with Gasteiger partial charge in [-0.15, -0.1) is 0 Å². The van der Waals surface area contributed by atoms with Crippen LogP contribution in [0.4, 0.5) is 0 Å². The molecule has 1 fully saturated rings. The smallest absolute Gasteiger partial charge is 0.188 e. The van der Waals surface area contributed by atoms with E-state index in [-0.39, 0.29) is 5.79 Å². The average molecular weight is 168 g/mol. The quantitative estimate of drug-likeness (QED) is 0.516. The highest BCUT2D eigenvalue weighted by Gasteiger charge is 2.34. The van der Waals surface area contributed by atoms with Gasteiger partial charge in [0.1, 0.15) is 0 Å². The fourth-order valence-electron chi connectivity index (χ4n) is 1.88. The first-order valence-electron chi connectivity index (χ1n) is 4.80. The Bertz CT molecular complexity index is 180. The molecular weight excluding hydrogens is 152 g/mol. The van der Waals surface area contributed by atoms with Gasteiger partial charge < -0.3 is 9.47 Å². The molecule has 0 saturated carbocycles. The first kappa shape index (κ1) is 8.27. The molecule has 2 heteroatoms. The molecular formula is C10H16O2. The van der Waals surface area contributed by atoms with Crippen LogP contribution in [0.25, 0.3) is 0 Å². The molecule has 2 aliphatic rings. The first-order valence-corrected chi connectivity index (χ1v) is 4.80. The first-order chi connectivity index (χ1) is 5.81. The summed E-state index contributed by atoms with van der Waals surface area (Å²) in [6, 6.07) is 0. The molecule has 2 nitrogen and oxygen atoms in total. The highest BCUT2D eigenvalue weighted by atomic mass is 16.7. The van der Waals surface area contributed by atoms with Crippen LogP contribution >= 0.6 is 0 Å². The molecule has 0 unspecified atom stereocenters. The van der Waals surface area contributed by atoms with Crippen molar-refractivity contribution in [3.05, 3.63) is 12.2 Å². The molecule has 0 aliphatic carbocycles. The second-order valence-electron chi connectivity index (χ2n) is 3.68. The molecule has 2 aliphatic heterocycles. The monoisotopic (exact) mass is 168 g/mol. The molecule has 2 heterocycles. The summed E-state index contributed by atoms with van der Waals surface area (Å²) in [5.74, 6) is -0.351. The van der Waals surface area contributed by atoms with Crippen LogP contribution in [0.1, 0.15) is 32.6 Å². The summed E-state index contributed by atoms with van der Waals surface area (Å²) < 4.78 is 11.5. The Kier molecular flexibility index (Phi) is 2.20. The Labute approximate surface area is 73.5 Å². The van der Waals surface area contributed by atoms with Gasteiger partial charge in [-0.1, -0.05) is 6.08 Å². The van der Waals surface area contributed by atoms with Gasteiger partial charge in [-0.2, -0.15) is 0 Å². The average Bonchev–Trinajstić information content (AvgIpc) is 2.05. The van der Waals surface area contributed by atoms with Gasteiger partial charge >= 0.3 is 0 Å². The minimum atomic E-state index is -0.351. The predicted molar refractivity (Wildman–Crippen MR) is 46.8 cm³/mol. The van der Waals surface area contributed by atoms with Gasteiger partial charge in [0, 0.05) is 6.42 Å². The summed E-state index contributed by atoms with van der Waals surface area (Å²) in [5, 5.41) is 0. The van der Waals surface area contributed by atoms with E-state index in [9.17, 15) is 0 Å². The van der Waals surface area contributed by atoms with Crippen LogP contribution in [0, 0.1) is 0 Å². The second-order valence-corrected chi connectivity index (χ2v) is 3.68. The fourth-order valence-corrected chi connectivity index (χ4v) is 1.88. The Morgan fingerprint density at radius 3 is 3.00 bits per heavy atom. The Hall–Kier alpha value is -0.340. The van der Waals surface area contributed by atoms with Crippen molar-refractivity contribution >= 4 is 0 Å². The van der Waals surface area contributed by atoms with Crippen molar-refractivity contribution in [2.24, 2.45) is 0 Å². The van der Waals surface area contributed by atoms with E-state index in [0.717, 1.165) is 19.4 Å². The summed E-state index contributed by atoms with van der Waals surface area (Å²) in [7, 11) is 0. The number of rotatable bonds is 0. The van der Waals surface area contributed by atoms with E-state index in [2.05, 4.69) is 19.1 Å². The van der Waals surface area contributed by atoms with Gasteiger partial charge in [0.2, 0.25) is 0 Å². The van der Waals surface area contributed by atoms with Crippen molar-refractivity contribution in [1.82, 2.24) is 0 Å². The second kappa shape index (κ2) is 3.19. The highest BCUT2D eigenvalue weighted by molar-refractivity contribution is 5.02. The molecule has 2 rings (SSSR count). The third kappa shape index (κ3) is 1.54. The van der Waals surface area contributed by atoms with Crippen LogP contribution in [-0.2, 0) is 9.47 Å². The number of hydrogen-bond donors (Lipinski definition) is 0. The third-order valence-corrected chi connectivity index (χ3v) is 2.51. The molecule has 0 aromatic heterocycles. The number of ether oxygens (including phenoxy) is 2. The van der Waals surface area contributed by atoms with Crippen LogP contribution < -0.4 is 0 Å². The van der Waals surface area contributed by atoms with E-state index < -0.39 is 0 Å². The summed E-state index contributed by atoms with van der Waals surface area (Å²) in [5.41, 5.74) is 0. The summed E-state index contributed by atoms with van der Waals surface area (Å²) >= 11 is 0. The molecule has 1 spiro atoms. The fraction of sp³-hybridized carbons (Fsp3) is 0.800. The minimum Gasteiger partial charge on any atom is -0.346 e. The predicted octanol–water partition coefficient (Wildman–Crippen LogP) is 2.25. The van der Waals surface area contributed by atoms with E-state index in [1.165, 1.54) is 12.8 Å². The topological polar surface area (TPSA) is 18.5 Å². The van der Waals surface area contributed by atoms with E-state index in [1.54, 1.807) is 0 Å². The zero-order valence-corrected chi connectivity index (χ0v) is 7.58. The lowest BCUT2D eigenvalue weighted by atomic mass is 10.0. The van der Waals surface area contributed by atoms with Crippen molar-refractivity contribution in [2.75, 3.05) is 6.61 Å². The van der Waals surface area contributed by atoms with Crippen molar-refractivity contribution in [1.29, 1.82) is 0 Å². The van der Waals surface area contributed by atoms with Crippen LogP contribution in [0.15, 0.2) is 12.2 Å². The normalized spacial score (nSPS) is 41.9. The Morgan fingerprint density at radius 1 is 1.42 bits per heavy atom. The lowest BCUT2D eigenvalue weighted by molar-refractivity contribution is -0.246. The molecule has 0 aromatic rings. The van der Waals surface area contributed by atoms with Crippen molar-refractivity contribution < 1.29 is 9.47 Å². The van der Waals surface area contributed by atoms with Gasteiger partial charge in [-0.3, -0.25) is 0 Å². The van der Waals surface area contributed by atoms with Gasteiger partial charge in [0.05, 0.1) is 12.7 Å². The molecule has 0 N–H and O–H groups in total. The van der Waals surface area contributed by atoms with E-state index >= 15 is 0 Å².